The van der Waals surface area contributed by atoms with Crippen LogP contribution in [-0.2, 0) is 35.0 Å². The summed E-state index contributed by atoms with van der Waals surface area (Å²) < 4.78 is 46.6. The zero-order valence-electron chi connectivity index (χ0n) is 22.2. The quantitative estimate of drug-likeness (QED) is 0.433. The van der Waals surface area contributed by atoms with Gasteiger partial charge in [0.1, 0.15) is 42.5 Å². The Kier molecular flexibility index (Phi) is 8.40. The Labute approximate surface area is 217 Å². The van der Waals surface area contributed by atoms with Crippen LogP contribution in [0.2, 0.25) is 0 Å². The number of carbonyl (C=O) groups excluding carboxylic acids is 1. The second kappa shape index (κ2) is 11.4. The first-order chi connectivity index (χ1) is 17.6. The van der Waals surface area contributed by atoms with E-state index in [1.54, 1.807) is 38.5 Å². The second-order valence-electron chi connectivity index (χ2n) is 9.97. The molecule has 4 rings (SSSR count). The molecule has 2 heterocycles. The summed E-state index contributed by atoms with van der Waals surface area (Å²) in [6.07, 6.45) is -1.98. The van der Waals surface area contributed by atoms with E-state index in [4.69, 9.17) is 37.9 Å². The average molecular weight is 517 g/mol. The number of carbonyl (C=O) groups is 1. The van der Waals surface area contributed by atoms with Crippen molar-refractivity contribution in [2.75, 3.05) is 27.4 Å². The Morgan fingerprint density at radius 1 is 0.730 bits per heavy atom. The van der Waals surface area contributed by atoms with Crippen molar-refractivity contribution in [3.63, 3.8) is 0 Å². The molecule has 0 unspecified atom stereocenters. The fourth-order valence-electron chi connectivity index (χ4n) is 4.52. The van der Waals surface area contributed by atoms with Crippen molar-refractivity contribution >= 4 is 5.97 Å². The van der Waals surface area contributed by atoms with Crippen molar-refractivity contribution in [1.29, 1.82) is 0 Å². The van der Waals surface area contributed by atoms with Gasteiger partial charge in [-0.2, -0.15) is 0 Å². The van der Waals surface area contributed by atoms with Crippen LogP contribution in [-0.4, -0.2) is 69.4 Å². The van der Waals surface area contributed by atoms with Gasteiger partial charge in [0, 0.05) is 0 Å². The van der Waals surface area contributed by atoms with Gasteiger partial charge >= 0.3 is 5.97 Å². The largest absolute Gasteiger partial charge is 0.497 e. The molecule has 4 atom stereocenters. The highest BCUT2D eigenvalue weighted by Crippen LogP contribution is 2.39. The zero-order valence-corrected chi connectivity index (χ0v) is 22.2. The van der Waals surface area contributed by atoms with Crippen LogP contribution in [0.3, 0.4) is 0 Å². The molecule has 0 saturated carbocycles. The highest BCUT2D eigenvalue weighted by Gasteiger charge is 2.54. The van der Waals surface area contributed by atoms with Gasteiger partial charge < -0.3 is 37.9 Å². The van der Waals surface area contributed by atoms with Gasteiger partial charge in [-0.25, -0.2) is 4.79 Å². The van der Waals surface area contributed by atoms with E-state index >= 15 is 0 Å². The van der Waals surface area contributed by atoms with E-state index in [2.05, 4.69) is 0 Å². The molecule has 0 spiro atoms. The maximum absolute atomic E-state index is 12.6. The van der Waals surface area contributed by atoms with Crippen molar-refractivity contribution in [2.24, 2.45) is 0 Å². The predicted octanol–water partition coefficient (Wildman–Crippen LogP) is 4.12. The first-order valence-corrected chi connectivity index (χ1v) is 12.3. The van der Waals surface area contributed by atoms with E-state index in [0.29, 0.717) is 24.5 Å². The van der Waals surface area contributed by atoms with Gasteiger partial charge in [-0.1, -0.05) is 12.1 Å². The minimum absolute atomic E-state index is 0.00132. The van der Waals surface area contributed by atoms with Gasteiger partial charge in [-0.3, -0.25) is 0 Å². The second-order valence-corrected chi connectivity index (χ2v) is 9.97. The van der Waals surface area contributed by atoms with Gasteiger partial charge in [-0.15, -0.1) is 0 Å². The van der Waals surface area contributed by atoms with Crippen molar-refractivity contribution in [3.8, 4) is 11.5 Å². The number of hydrogen-bond acceptors (Lipinski definition) is 9. The molecule has 0 aliphatic carbocycles. The Morgan fingerprint density at radius 2 is 1.22 bits per heavy atom. The van der Waals surface area contributed by atoms with E-state index in [1.165, 1.54) is 0 Å². The molecule has 0 radical (unpaired) electrons. The molecule has 9 nitrogen and oxygen atoms in total. The lowest BCUT2D eigenvalue weighted by molar-refractivity contribution is -0.175. The van der Waals surface area contributed by atoms with Crippen LogP contribution in [0.25, 0.3) is 0 Å². The molecule has 2 aliphatic rings. The maximum Gasteiger partial charge on any atom is 0.338 e. The lowest BCUT2D eigenvalue weighted by Gasteiger charge is -2.26. The molecule has 2 aliphatic heterocycles. The van der Waals surface area contributed by atoms with Gasteiger partial charge in [0.25, 0.3) is 0 Å². The van der Waals surface area contributed by atoms with E-state index < -0.39 is 42.0 Å². The molecule has 2 saturated heterocycles. The summed E-state index contributed by atoms with van der Waals surface area (Å²) in [6.45, 7) is 8.04. The Morgan fingerprint density at radius 3 is 1.73 bits per heavy atom. The van der Waals surface area contributed by atoms with Crippen molar-refractivity contribution in [1.82, 2.24) is 0 Å². The van der Waals surface area contributed by atoms with Crippen LogP contribution in [0.15, 0.2) is 48.5 Å². The summed E-state index contributed by atoms with van der Waals surface area (Å²) in [4.78, 5) is 12.6. The van der Waals surface area contributed by atoms with Crippen LogP contribution in [0.1, 0.15) is 43.6 Å². The highest BCUT2D eigenvalue weighted by molar-refractivity contribution is 5.89. The van der Waals surface area contributed by atoms with Crippen LogP contribution in [0.4, 0.5) is 0 Å². The normalized spacial score (nSPS) is 26.1. The summed E-state index contributed by atoms with van der Waals surface area (Å²) in [5.41, 5.74) is 1.43. The number of rotatable bonds is 10. The highest BCUT2D eigenvalue weighted by atomic mass is 16.8. The van der Waals surface area contributed by atoms with E-state index in [9.17, 15) is 4.79 Å². The molecule has 0 N–H and O–H groups in total. The number of ether oxygens (including phenoxy) is 8. The van der Waals surface area contributed by atoms with Gasteiger partial charge in [0.2, 0.25) is 0 Å². The van der Waals surface area contributed by atoms with Gasteiger partial charge in [-0.05, 0) is 69.7 Å². The fraction of sp³-hybridized carbons (Fsp3) is 0.536. The minimum Gasteiger partial charge on any atom is -0.497 e. The summed E-state index contributed by atoms with van der Waals surface area (Å²) >= 11 is 0. The number of hydrogen-bond donors (Lipinski definition) is 0. The summed E-state index contributed by atoms with van der Waals surface area (Å²) in [5, 5.41) is 0. The number of methoxy groups -OCH3 is 2. The average Bonchev–Trinajstić information content (AvgIpc) is 3.36. The summed E-state index contributed by atoms with van der Waals surface area (Å²) in [5.74, 6) is -0.728. The molecule has 2 aromatic carbocycles. The first kappa shape index (κ1) is 27.3. The van der Waals surface area contributed by atoms with Crippen LogP contribution in [0.5, 0.6) is 11.5 Å². The summed E-state index contributed by atoms with van der Waals surface area (Å²) in [6, 6.07) is 14.4. The standard InChI is InChI=1S/C28H36O9/c1-27(2)34-22(16-32-15-18-7-11-20(30-5)12-8-18)24(36-27)25-23(35-28(3,4)37-25)17-33-26(29)19-9-13-21(31-6)14-10-19/h7-14,22-25H,15-17H2,1-6H3/t22-,23+,24+,25-/m0/s1. The fourth-order valence-corrected chi connectivity index (χ4v) is 4.52. The Bertz CT molecular complexity index is 1030. The molecule has 0 bridgehead atoms. The lowest BCUT2D eigenvalue weighted by Crippen LogP contribution is -2.45. The Hall–Kier alpha value is -2.69. The van der Waals surface area contributed by atoms with E-state index in [-0.39, 0.29) is 6.61 Å². The number of benzene rings is 2. The molecule has 202 valence electrons. The molecule has 37 heavy (non-hydrogen) atoms. The van der Waals surface area contributed by atoms with Crippen molar-refractivity contribution < 1.29 is 42.7 Å². The van der Waals surface area contributed by atoms with Crippen molar-refractivity contribution in [2.45, 2.75) is 70.3 Å². The zero-order chi connectivity index (χ0) is 26.6. The third-order valence-corrected chi connectivity index (χ3v) is 6.18. The molecule has 2 aromatic rings. The van der Waals surface area contributed by atoms with Crippen LogP contribution >= 0.6 is 0 Å². The molecule has 0 aromatic heterocycles. The summed E-state index contributed by atoms with van der Waals surface area (Å²) in [7, 11) is 3.20. The third-order valence-electron chi connectivity index (χ3n) is 6.18. The SMILES string of the molecule is COc1ccc(COC[C@@H]2OC(C)(C)O[C@H]2[C@H]2OC(C)(C)O[C@@H]2COC(=O)c2ccc(OC)cc2)cc1. The maximum atomic E-state index is 12.6. The molecule has 0 amide bonds. The van der Waals surface area contributed by atoms with Crippen LogP contribution in [0, 0.1) is 0 Å². The molecule has 2 fully saturated rings. The minimum atomic E-state index is -0.882. The van der Waals surface area contributed by atoms with Crippen molar-refractivity contribution in [3.05, 3.63) is 59.7 Å². The lowest BCUT2D eigenvalue weighted by atomic mass is 10.0. The van der Waals surface area contributed by atoms with Gasteiger partial charge in [0.15, 0.2) is 11.6 Å². The molecular formula is C28H36O9. The third kappa shape index (κ3) is 7.00. The van der Waals surface area contributed by atoms with Gasteiger partial charge in [0.05, 0.1) is 33.0 Å². The smallest absolute Gasteiger partial charge is 0.338 e. The topological polar surface area (TPSA) is 90.9 Å². The molecular weight excluding hydrogens is 480 g/mol. The monoisotopic (exact) mass is 516 g/mol. The van der Waals surface area contributed by atoms with Crippen LogP contribution < -0.4 is 9.47 Å². The number of esters is 1. The first-order valence-electron chi connectivity index (χ1n) is 12.3. The van der Waals surface area contributed by atoms with E-state index in [1.807, 2.05) is 52.0 Å². The van der Waals surface area contributed by atoms with E-state index in [0.717, 1.165) is 11.3 Å². The Balaban J connectivity index is 1.39. The molecule has 9 heteroatoms. The predicted molar refractivity (Wildman–Crippen MR) is 134 cm³/mol.